The van der Waals surface area contributed by atoms with Gasteiger partial charge in [-0.2, -0.15) is 0 Å². The smallest absolute Gasteiger partial charge is 0.307 e. The van der Waals surface area contributed by atoms with Gasteiger partial charge >= 0.3 is 6.03 Å². The summed E-state index contributed by atoms with van der Waals surface area (Å²) in [6, 6.07) is 7.66. The van der Waals surface area contributed by atoms with Crippen molar-refractivity contribution in [2.24, 2.45) is 0 Å². The first kappa shape index (κ1) is 21.4. The number of fused-ring (bicyclic) bond motifs is 1. The Labute approximate surface area is 177 Å². The summed E-state index contributed by atoms with van der Waals surface area (Å²) in [7, 11) is -3.99. The average molecular weight is 433 g/mol. The maximum absolute atomic E-state index is 12.7. The van der Waals surface area contributed by atoms with Gasteiger partial charge in [0.15, 0.2) is 0 Å². The lowest BCUT2D eigenvalue weighted by Crippen LogP contribution is -2.35. The first-order valence-electron chi connectivity index (χ1n) is 9.55. The summed E-state index contributed by atoms with van der Waals surface area (Å²) in [5.41, 5.74) is 4.24. The third kappa shape index (κ3) is 4.65. The largest absolute Gasteiger partial charge is 0.333 e. The van der Waals surface area contributed by atoms with Gasteiger partial charge in [0.25, 0.3) is 10.0 Å². The summed E-state index contributed by atoms with van der Waals surface area (Å²) >= 11 is 6.25. The van der Waals surface area contributed by atoms with E-state index in [1.165, 1.54) is 6.07 Å². The van der Waals surface area contributed by atoms with Gasteiger partial charge in [0.2, 0.25) is 0 Å². The van der Waals surface area contributed by atoms with Crippen molar-refractivity contribution in [1.82, 2.24) is 4.72 Å². The van der Waals surface area contributed by atoms with Crippen LogP contribution in [0.4, 0.5) is 10.5 Å². The molecule has 1 aliphatic rings. The van der Waals surface area contributed by atoms with Gasteiger partial charge in [-0.15, -0.1) is 0 Å². The second-order valence-corrected chi connectivity index (χ2v) is 9.91. The Kier molecular flexibility index (Phi) is 6.05. The number of nitrogens with one attached hydrogen (secondary N) is 2. The second kappa shape index (κ2) is 8.20. The van der Waals surface area contributed by atoms with Crippen molar-refractivity contribution in [3.8, 4) is 0 Å². The Balaban J connectivity index is 1.87. The van der Waals surface area contributed by atoms with E-state index in [1.807, 2.05) is 39.8 Å². The summed E-state index contributed by atoms with van der Waals surface area (Å²) in [4.78, 5) is 12.7. The summed E-state index contributed by atoms with van der Waals surface area (Å²) in [6.07, 6.45) is 4.61. The number of urea groups is 1. The molecular weight excluding hydrogens is 408 g/mol. The Morgan fingerprint density at radius 1 is 1.03 bits per heavy atom. The van der Waals surface area contributed by atoms with Crippen molar-refractivity contribution >= 4 is 39.4 Å². The number of carbonyl (C=O) groups excluding carboxylic acids is 1. The lowest BCUT2D eigenvalue weighted by Gasteiger charge is -2.21. The molecule has 5 nitrogen and oxygen atoms in total. The van der Waals surface area contributed by atoms with Gasteiger partial charge in [-0.25, -0.2) is 17.9 Å². The van der Waals surface area contributed by atoms with Crippen LogP contribution in [0.25, 0.3) is 6.08 Å². The van der Waals surface area contributed by atoms with Gasteiger partial charge in [0.05, 0.1) is 4.90 Å². The molecule has 2 N–H and O–H groups in total. The number of carbonyl (C=O) groups is 1. The molecule has 3 rings (SSSR count). The minimum atomic E-state index is -3.99. The van der Waals surface area contributed by atoms with Crippen LogP contribution in [0.3, 0.4) is 0 Å². The molecule has 0 fully saturated rings. The zero-order valence-electron chi connectivity index (χ0n) is 16.9. The molecule has 0 unspecified atom stereocenters. The Morgan fingerprint density at radius 2 is 1.66 bits per heavy atom. The molecule has 2 aromatic rings. The Bertz CT molecular complexity index is 1060. The monoisotopic (exact) mass is 432 g/mol. The SMILES string of the molecule is CC(C)c1cc(Cl)cc(C(C)C)c1NC(=O)NS(=O)(=O)c1ccc2c(c1)CC=C2. The van der Waals surface area contributed by atoms with Crippen molar-refractivity contribution in [3.05, 3.63) is 63.7 Å². The van der Waals surface area contributed by atoms with Crippen molar-refractivity contribution in [1.29, 1.82) is 0 Å². The van der Waals surface area contributed by atoms with Gasteiger partial charge in [0.1, 0.15) is 0 Å². The molecule has 29 heavy (non-hydrogen) atoms. The van der Waals surface area contributed by atoms with Crippen LogP contribution in [0.2, 0.25) is 5.02 Å². The van der Waals surface area contributed by atoms with Gasteiger partial charge in [-0.3, -0.25) is 0 Å². The number of rotatable bonds is 5. The maximum Gasteiger partial charge on any atom is 0.333 e. The fourth-order valence-electron chi connectivity index (χ4n) is 3.43. The van der Waals surface area contributed by atoms with Crippen molar-refractivity contribution in [2.45, 2.75) is 50.8 Å². The predicted octanol–water partition coefficient (Wildman–Crippen LogP) is 5.67. The van der Waals surface area contributed by atoms with E-state index in [2.05, 4.69) is 10.0 Å². The number of hydrogen-bond acceptors (Lipinski definition) is 3. The van der Waals surface area contributed by atoms with E-state index < -0.39 is 16.1 Å². The number of amides is 2. The summed E-state index contributed by atoms with van der Waals surface area (Å²) in [5.74, 6) is 0.199. The van der Waals surface area contributed by atoms with Gasteiger partial charge in [-0.05, 0) is 64.8 Å². The van der Waals surface area contributed by atoms with Gasteiger partial charge in [-0.1, -0.05) is 57.5 Å². The maximum atomic E-state index is 12.7. The van der Waals surface area contributed by atoms with E-state index in [9.17, 15) is 13.2 Å². The van der Waals surface area contributed by atoms with Crippen LogP contribution in [0.5, 0.6) is 0 Å². The normalized spacial score (nSPS) is 13.1. The van der Waals surface area contributed by atoms with Crippen molar-refractivity contribution in [2.75, 3.05) is 5.32 Å². The number of sulfonamides is 1. The summed E-state index contributed by atoms with van der Waals surface area (Å²) < 4.78 is 27.5. The molecule has 7 heteroatoms. The first-order valence-corrected chi connectivity index (χ1v) is 11.4. The summed E-state index contributed by atoms with van der Waals surface area (Å²) in [5, 5.41) is 3.33. The molecule has 0 bridgehead atoms. The van der Waals surface area contributed by atoms with E-state index >= 15 is 0 Å². The topological polar surface area (TPSA) is 75.3 Å². The van der Waals surface area contributed by atoms with Crippen molar-refractivity contribution < 1.29 is 13.2 Å². The van der Waals surface area contributed by atoms with E-state index in [0.29, 0.717) is 17.1 Å². The molecule has 0 atom stereocenters. The highest BCUT2D eigenvalue weighted by Crippen LogP contribution is 2.35. The number of hydrogen-bond donors (Lipinski definition) is 2. The molecule has 1 aliphatic carbocycles. The molecule has 0 saturated carbocycles. The highest BCUT2D eigenvalue weighted by molar-refractivity contribution is 7.90. The van der Waals surface area contributed by atoms with E-state index in [1.54, 1.807) is 24.3 Å². The van der Waals surface area contributed by atoms with Crippen LogP contribution in [0.1, 0.15) is 61.8 Å². The fourth-order valence-corrected chi connectivity index (χ4v) is 4.62. The third-order valence-corrected chi connectivity index (χ3v) is 6.48. The highest BCUT2D eigenvalue weighted by atomic mass is 35.5. The Hall–Kier alpha value is -2.31. The minimum absolute atomic E-state index is 0.0689. The molecule has 2 amide bonds. The van der Waals surface area contributed by atoms with E-state index in [-0.39, 0.29) is 16.7 Å². The molecule has 2 aromatic carbocycles. The highest BCUT2D eigenvalue weighted by Gasteiger charge is 2.22. The first-order chi connectivity index (χ1) is 13.6. The molecule has 0 aromatic heterocycles. The van der Waals surface area contributed by atoms with E-state index in [4.69, 9.17) is 11.6 Å². The molecule has 0 heterocycles. The quantitative estimate of drug-likeness (QED) is 0.639. The van der Waals surface area contributed by atoms with E-state index in [0.717, 1.165) is 22.3 Å². The number of halogens is 1. The molecular formula is C22H25ClN2O3S. The summed E-state index contributed by atoms with van der Waals surface area (Å²) in [6.45, 7) is 7.98. The zero-order valence-corrected chi connectivity index (χ0v) is 18.5. The standard InChI is InChI=1S/C22H25ClN2O3S/c1-13(2)19-11-17(23)12-20(14(3)4)21(19)24-22(26)25-29(27,28)18-9-8-15-6-5-7-16(15)10-18/h5-6,8-14H,7H2,1-4H3,(H2,24,25,26). The lowest BCUT2D eigenvalue weighted by molar-refractivity contribution is 0.256. The minimum Gasteiger partial charge on any atom is -0.307 e. The molecule has 0 spiro atoms. The second-order valence-electron chi connectivity index (χ2n) is 7.80. The molecule has 0 radical (unpaired) electrons. The molecule has 0 saturated heterocycles. The van der Waals surface area contributed by atoms with Crippen LogP contribution in [-0.2, 0) is 16.4 Å². The molecule has 154 valence electrons. The fraction of sp³-hybridized carbons (Fsp3) is 0.318. The van der Waals surface area contributed by atoms with Crippen LogP contribution < -0.4 is 10.0 Å². The van der Waals surface area contributed by atoms with Gasteiger partial charge in [0, 0.05) is 10.7 Å². The third-order valence-electron chi connectivity index (χ3n) is 4.93. The van der Waals surface area contributed by atoms with Crippen LogP contribution in [0.15, 0.2) is 41.3 Å². The Morgan fingerprint density at radius 3 is 2.24 bits per heavy atom. The predicted molar refractivity (Wildman–Crippen MR) is 118 cm³/mol. The van der Waals surface area contributed by atoms with Gasteiger partial charge < -0.3 is 5.32 Å². The number of benzene rings is 2. The van der Waals surface area contributed by atoms with Crippen LogP contribution in [-0.4, -0.2) is 14.4 Å². The zero-order chi connectivity index (χ0) is 21.3. The van der Waals surface area contributed by atoms with Crippen molar-refractivity contribution in [3.63, 3.8) is 0 Å². The van der Waals surface area contributed by atoms with Crippen LogP contribution >= 0.6 is 11.6 Å². The number of allylic oxidation sites excluding steroid dienone is 1. The average Bonchev–Trinajstić information content (AvgIpc) is 3.09. The number of anilines is 1. The molecule has 0 aliphatic heterocycles. The lowest BCUT2D eigenvalue weighted by atomic mass is 9.92. The van der Waals surface area contributed by atoms with Crippen LogP contribution in [0, 0.1) is 0 Å².